The molecule has 8 nitrogen and oxygen atoms in total. The number of hydrogen-bond donors (Lipinski definition) is 3. The quantitative estimate of drug-likeness (QED) is 0.468. The maximum atomic E-state index is 13.6. The normalized spacial score (nSPS) is 19.5. The summed E-state index contributed by atoms with van der Waals surface area (Å²) in [5.41, 5.74) is 2.45. The van der Waals surface area contributed by atoms with Gasteiger partial charge >= 0.3 is 0 Å². The summed E-state index contributed by atoms with van der Waals surface area (Å²) in [6.07, 6.45) is 4.04. The number of rotatable bonds is 9. The van der Waals surface area contributed by atoms with Crippen molar-refractivity contribution in [1.29, 1.82) is 0 Å². The van der Waals surface area contributed by atoms with Gasteiger partial charge in [-0.25, -0.2) is 8.42 Å². The second-order valence-corrected chi connectivity index (χ2v) is 11.5. The van der Waals surface area contributed by atoms with Crippen molar-refractivity contribution >= 4 is 38.9 Å². The molecule has 0 radical (unpaired) electrons. The van der Waals surface area contributed by atoms with E-state index < -0.39 is 10.0 Å². The van der Waals surface area contributed by atoms with E-state index in [4.69, 9.17) is 11.6 Å². The van der Waals surface area contributed by atoms with Crippen LogP contribution in [0.3, 0.4) is 0 Å². The predicted octanol–water partition coefficient (Wildman–Crippen LogP) is 2.81. The number of amides is 1. The van der Waals surface area contributed by atoms with Crippen LogP contribution in [-0.2, 0) is 21.2 Å². The Labute approximate surface area is 216 Å². The lowest BCUT2D eigenvalue weighted by Crippen LogP contribution is -2.56. The van der Waals surface area contributed by atoms with Crippen LogP contribution < -0.4 is 20.3 Å². The van der Waals surface area contributed by atoms with Crippen molar-refractivity contribution in [3.63, 3.8) is 0 Å². The molecule has 0 aromatic heterocycles. The first-order valence-electron chi connectivity index (χ1n) is 12.1. The summed E-state index contributed by atoms with van der Waals surface area (Å²) in [4.78, 5) is 17.6. The van der Waals surface area contributed by atoms with Crippen LogP contribution in [0.2, 0.25) is 5.02 Å². The third kappa shape index (κ3) is 7.33. The van der Waals surface area contributed by atoms with Gasteiger partial charge < -0.3 is 20.4 Å². The SMILES string of the molecule is CS(=O)(=O)Nc1ccccc1N1CCN(C(=O)[C@@H](Cc2ccc(Cl)cc2)NC[C@H]2CCCN2)CC1.[HH].[HH]. The molecule has 0 unspecified atom stereocenters. The molecule has 2 aliphatic heterocycles. The molecule has 0 aliphatic carbocycles. The molecule has 2 aromatic carbocycles. The van der Waals surface area contributed by atoms with Gasteiger partial charge in [-0.1, -0.05) is 35.9 Å². The van der Waals surface area contributed by atoms with Crippen LogP contribution in [0.4, 0.5) is 11.4 Å². The van der Waals surface area contributed by atoms with Crippen molar-refractivity contribution in [2.75, 3.05) is 55.1 Å². The van der Waals surface area contributed by atoms with Gasteiger partial charge in [0.05, 0.1) is 23.7 Å². The van der Waals surface area contributed by atoms with E-state index in [2.05, 4.69) is 20.3 Å². The molecule has 194 valence electrons. The molecular weight excluding hydrogens is 486 g/mol. The fourth-order valence-corrected chi connectivity index (χ4v) is 5.44. The van der Waals surface area contributed by atoms with Gasteiger partial charge in [0, 0.05) is 46.6 Å². The minimum absolute atomic E-state index is 0. The highest BCUT2D eigenvalue weighted by Crippen LogP contribution is 2.27. The fourth-order valence-electron chi connectivity index (χ4n) is 4.74. The zero-order valence-electron chi connectivity index (χ0n) is 20.0. The highest BCUT2D eigenvalue weighted by atomic mass is 35.5. The lowest BCUT2D eigenvalue weighted by molar-refractivity contribution is -0.133. The number of hydrogen-bond acceptors (Lipinski definition) is 6. The number of para-hydroxylation sites is 2. The minimum Gasteiger partial charge on any atom is -0.366 e. The topological polar surface area (TPSA) is 93.8 Å². The Morgan fingerprint density at radius 3 is 2.51 bits per heavy atom. The van der Waals surface area contributed by atoms with E-state index in [9.17, 15) is 13.2 Å². The third-order valence-electron chi connectivity index (χ3n) is 6.56. The summed E-state index contributed by atoms with van der Waals surface area (Å²) in [5.74, 6) is 0.0974. The number of halogens is 1. The largest absolute Gasteiger partial charge is 0.366 e. The number of nitrogens with zero attached hydrogens (tertiary/aromatic N) is 2. The van der Waals surface area contributed by atoms with Gasteiger partial charge in [0.15, 0.2) is 0 Å². The summed E-state index contributed by atoms with van der Waals surface area (Å²) in [7, 11) is -3.38. The highest BCUT2D eigenvalue weighted by molar-refractivity contribution is 7.92. The van der Waals surface area contributed by atoms with E-state index >= 15 is 0 Å². The van der Waals surface area contributed by atoms with Gasteiger partial charge in [0.2, 0.25) is 15.9 Å². The molecule has 0 spiro atoms. The average molecular weight is 524 g/mol. The Kier molecular flexibility index (Phi) is 8.54. The monoisotopic (exact) mass is 523 g/mol. The van der Waals surface area contributed by atoms with Crippen molar-refractivity contribution in [1.82, 2.24) is 15.5 Å². The van der Waals surface area contributed by atoms with Crippen LogP contribution in [0.1, 0.15) is 21.3 Å². The Morgan fingerprint density at radius 1 is 1.14 bits per heavy atom. The van der Waals surface area contributed by atoms with Gasteiger partial charge in [-0.2, -0.15) is 0 Å². The first kappa shape index (κ1) is 25.8. The highest BCUT2D eigenvalue weighted by Gasteiger charge is 2.29. The molecule has 0 saturated carbocycles. The van der Waals surface area contributed by atoms with E-state index in [1.807, 2.05) is 47.4 Å². The second-order valence-electron chi connectivity index (χ2n) is 9.29. The van der Waals surface area contributed by atoms with Gasteiger partial charge in [-0.3, -0.25) is 9.52 Å². The molecule has 2 fully saturated rings. The molecular formula is C25H38ClN5O3S. The molecule has 2 heterocycles. The number of nitrogens with one attached hydrogen (secondary N) is 3. The number of benzene rings is 2. The number of carbonyl (C=O) groups excluding carboxylic acids is 1. The molecule has 0 bridgehead atoms. The van der Waals surface area contributed by atoms with E-state index in [-0.39, 0.29) is 14.8 Å². The second kappa shape index (κ2) is 11.6. The molecule has 1 amide bonds. The fraction of sp³-hybridized carbons (Fsp3) is 0.480. The van der Waals surface area contributed by atoms with Crippen LogP contribution >= 0.6 is 11.6 Å². The van der Waals surface area contributed by atoms with Crippen LogP contribution in [0.25, 0.3) is 0 Å². The van der Waals surface area contributed by atoms with Crippen molar-refractivity contribution in [3.8, 4) is 0 Å². The molecule has 2 aliphatic rings. The van der Waals surface area contributed by atoms with Crippen molar-refractivity contribution in [2.45, 2.75) is 31.3 Å². The van der Waals surface area contributed by atoms with E-state index in [1.165, 1.54) is 6.42 Å². The van der Waals surface area contributed by atoms with E-state index in [0.29, 0.717) is 49.4 Å². The third-order valence-corrected chi connectivity index (χ3v) is 7.40. The van der Waals surface area contributed by atoms with Crippen LogP contribution in [0.5, 0.6) is 0 Å². The van der Waals surface area contributed by atoms with E-state index in [1.54, 1.807) is 6.07 Å². The van der Waals surface area contributed by atoms with Crippen molar-refractivity contribution < 1.29 is 16.1 Å². The van der Waals surface area contributed by atoms with Crippen LogP contribution in [0.15, 0.2) is 48.5 Å². The smallest absolute Gasteiger partial charge is 0.240 e. The van der Waals surface area contributed by atoms with Crippen molar-refractivity contribution in [2.24, 2.45) is 0 Å². The van der Waals surface area contributed by atoms with E-state index in [0.717, 1.165) is 37.0 Å². The molecule has 2 aromatic rings. The number of sulfonamides is 1. The van der Waals surface area contributed by atoms with Crippen molar-refractivity contribution in [3.05, 3.63) is 59.1 Å². The number of anilines is 2. The Bertz CT molecular complexity index is 1110. The lowest BCUT2D eigenvalue weighted by atomic mass is 10.0. The Hall–Kier alpha value is -2.33. The molecule has 10 heteroatoms. The van der Waals surface area contributed by atoms with Gasteiger partial charge in [-0.15, -0.1) is 0 Å². The summed E-state index contributed by atoms with van der Waals surface area (Å²) in [5, 5.41) is 7.69. The summed E-state index contributed by atoms with van der Waals surface area (Å²) < 4.78 is 26.2. The zero-order chi connectivity index (χ0) is 24.8. The Morgan fingerprint density at radius 2 is 1.86 bits per heavy atom. The predicted molar refractivity (Wildman–Crippen MR) is 146 cm³/mol. The molecule has 35 heavy (non-hydrogen) atoms. The van der Waals surface area contributed by atoms with Gasteiger partial charge in [0.25, 0.3) is 0 Å². The molecule has 2 atom stereocenters. The first-order chi connectivity index (χ1) is 16.8. The first-order valence-corrected chi connectivity index (χ1v) is 14.4. The van der Waals surface area contributed by atoms with Gasteiger partial charge in [-0.05, 0) is 55.6 Å². The minimum atomic E-state index is -3.38. The summed E-state index contributed by atoms with van der Waals surface area (Å²) >= 11 is 6.05. The zero-order valence-corrected chi connectivity index (χ0v) is 21.6. The van der Waals surface area contributed by atoms with Crippen LogP contribution in [-0.4, -0.2) is 76.8 Å². The summed E-state index contributed by atoms with van der Waals surface area (Å²) in [6.45, 7) is 4.20. The van der Waals surface area contributed by atoms with Crippen LogP contribution in [0, 0.1) is 0 Å². The Balaban J connectivity index is 0.00000241. The lowest BCUT2D eigenvalue weighted by Gasteiger charge is -2.38. The standard InChI is InChI=1S/C25H34ClN5O3S.2H2/c1-35(33,34)29-22-6-2-3-7-24(22)30-13-15-31(16-14-30)25(32)23(28-18-21-5-4-12-27-21)17-19-8-10-20(26)11-9-19;;/h2-3,6-11,21,23,27-29H,4-5,12-18H2,1H3;2*1H/t21-,23-;;/m1../s1. The molecule has 4 rings (SSSR count). The number of piperazine rings is 1. The maximum Gasteiger partial charge on any atom is 0.240 e. The summed E-state index contributed by atoms with van der Waals surface area (Å²) in [6, 6.07) is 15.1. The maximum absolute atomic E-state index is 13.6. The van der Waals surface area contributed by atoms with Gasteiger partial charge in [0.1, 0.15) is 0 Å². The number of carbonyl (C=O) groups is 1. The average Bonchev–Trinajstić information content (AvgIpc) is 3.36. The molecule has 3 N–H and O–H groups in total. The molecule has 2 saturated heterocycles.